The van der Waals surface area contributed by atoms with E-state index in [0.717, 1.165) is 5.69 Å². The zero-order chi connectivity index (χ0) is 6.69. The van der Waals surface area contributed by atoms with Crippen LogP contribution in [0.4, 0.5) is 6.01 Å². The Morgan fingerprint density at radius 3 is 3.11 bits per heavy atom. The van der Waals surface area contributed by atoms with E-state index >= 15 is 0 Å². The van der Waals surface area contributed by atoms with Crippen LogP contribution < -0.4 is 5.73 Å². The maximum absolute atomic E-state index is 5.18. The molecule has 1 aromatic rings. The van der Waals surface area contributed by atoms with E-state index < -0.39 is 0 Å². The fourth-order valence-corrected chi connectivity index (χ4v) is 0.537. The van der Waals surface area contributed by atoms with Crippen molar-refractivity contribution in [3.8, 4) is 0 Å². The molecule has 0 saturated heterocycles. The minimum atomic E-state index is 0.182. The molecule has 0 aromatic carbocycles. The van der Waals surface area contributed by atoms with Crippen LogP contribution >= 0.6 is 0 Å². The van der Waals surface area contributed by atoms with Gasteiger partial charge in [-0.1, -0.05) is 0 Å². The first-order chi connectivity index (χ1) is 4.33. The molecule has 0 aliphatic carbocycles. The van der Waals surface area contributed by atoms with Gasteiger partial charge in [0.2, 0.25) is 0 Å². The SMILES string of the molecule is COCc1coc(N)n1. The monoisotopic (exact) mass is 128 g/mol. The van der Waals surface area contributed by atoms with Crippen molar-refractivity contribution < 1.29 is 9.15 Å². The number of hydrogen-bond donors (Lipinski definition) is 1. The molecule has 1 rings (SSSR count). The van der Waals surface area contributed by atoms with Crippen LogP contribution in [0.5, 0.6) is 0 Å². The molecule has 0 amide bonds. The summed E-state index contributed by atoms with van der Waals surface area (Å²) in [6.45, 7) is 0.445. The van der Waals surface area contributed by atoms with Crippen molar-refractivity contribution in [1.29, 1.82) is 0 Å². The summed E-state index contributed by atoms with van der Waals surface area (Å²) >= 11 is 0. The van der Waals surface area contributed by atoms with Gasteiger partial charge in [-0.15, -0.1) is 0 Å². The van der Waals surface area contributed by atoms with E-state index in [4.69, 9.17) is 14.9 Å². The van der Waals surface area contributed by atoms with E-state index in [1.54, 1.807) is 7.11 Å². The molecule has 0 atom stereocenters. The number of ether oxygens (including phenoxy) is 1. The molecule has 2 N–H and O–H groups in total. The molecule has 0 bridgehead atoms. The molecular formula is C5H8N2O2. The third-order valence-electron chi connectivity index (χ3n) is 0.862. The molecule has 0 saturated carbocycles. The first-order valence-corrected chi connectivity index (χ1v) is 2.51. The molecule has 0 spiro atoms. The number of aromatic nitrogens is 1. The molecule has 4 nitrogen and oxygen atoms in total. The van der Waals surface area contributed by atoms with Gasteiger partial charge in [0, 0.05) is 7.11 Å². The van der Waals surface area contributed by atoms with Crippen LogP contribution in [-0.4, -0.2) is 12.1 Å². The smallest absolute Gasteiger partial charge is 0.292 e. The first-order valence-electron chi connectivity index (χ1n) is 2.51. The van der Waals surface area contributed by atoms with Gasteiger partial charge in [-0.3, -0.25) is 0 Å². The van der Waals surface area contributed by atoms with Crippen molar-refractivity contribution in [3.63, 3.8) is 0 Å². The lowest BCUT2D eigenvalue weighted by atomic mass is 10.5. The number of hydrogen-bond acceptors (Lipinski definition) is 4. The van der Waals surface area contributed by atoms with Crippen LogP contribution in [0.15, 0.2) is 10.7 Å². The average Bonchev–Trinajstić information content (AvgIpc) is 2.17. The van der Waals surface area contributed by atoms with Crippen molar-refractivity contribution in [1.82, 2.24) is 4.98 Å². The van der Waals surface area contributed by atoms with Crippen molar-refractivity contribution in [2.24, 2.45) is 0 Å². The third kappa shape index (κ3) is 1.43. The molecular weight excluding hydrogens is 120 g/mol. The van der Waals surface area contributed by atoms with Gasteiger partial charge < -0.3 is 14.9 Å². The van der Waals surface area contributed by atoms with Crippen LogP contribution in [0, 0.1) is 0 Å². The molecule has 0 fully saturated rings. The summed E-state index contributed by atoms with van der Waals surface area (Å²) in [5.41, 5.74) is 5.89. The number of methoxy groups -OCH3 is 1. The third-order valence-corrected chi connectivity index (χ3v) is 0.862. The quantitative estimate of drug-likeness (QED) is 0.626. The second-order valence-corrected chi connectivity index (χ2v) is 1.61. The van der Waals surface area contributed by atoms with Crippen molar-refractivity contribution >= 4 is 6.01 Å². The Morgan fingerprint density at radius 2 is 2.67 bits per heavy atom. The zero-order valence-electron chi connectivity index (χ0n) is 5.13. The Morgan fingerprint density at radius 1 is 1.89 bits per heavy atom. The highest BCUT2D eigenvalue weighted by Gasteiger charge is 1.96. The van der Waals surface area contributed by atoms with Crippen LogP contribution in [0.25, 0.3) is 0 Å². The van der Waals surface area contributed by atoms with Gasteiger partial charge in [-0.25, -0.2) is 0 Å². The molecule has 0 aliphatic heterocycles. The van der Waals surface area contributed by atoms with Crippen LogP contribution in [0.1, 0.15) is 5.69 Å². The van der Waals surface area contributed by atoms with Gasteiger partial charge in [-0.05, 0) is 0 Å². The fourth-order valence-electron chi connectivity index (χ4n) is 0.537. The summed E-state index contributed by atoms with van der Waals surface area (Å²) in [7, 11) is 1.59. The highest BCUT2D eigenvalue weighted by atomic mass is 16.5. The first kappa shape index (κ1) is 6.10. The predicted molar refractivity (Wildman–Crippen MR) is 31.6 cm³/mol. The molecule has 0 unspecified atom stereocenters. The van der Waals surface area contributed by atoms with Gasteiger partial charge in [0.1, 0.15) is 12.0 Å². The van der Waals surface area contributed by atoms with E-state index in [1.807, 2.05) is 0 Å². The lowest BCUT2D eigenvalue weighted by Gasteiger charge is -1.87. The molecule has 0 radical (unpaired) electrons. The van der Waals surface area contributed by atoms with Gasteiger partial charge >= 0.3 is 0 Å². The second kappa shape index (κ2) is 2.50. The Hall–Kier alpha value is -1.03. The largest absolute Gasteiger partial charge is 0.432 e. The predicted octanol–water partition coefficient (Wildman–Crippen LogP) is 0.403. The number of anilines is 1. The molecule has 0 aliphatic rings. The van der Waals surface area contributed by atoms with E-state index in [-0.39, 0.29) is 6.01 Å². The lowest BCUT2D eigenvalue weighted by Crippen LogP contribution is -1.88. The highest BCUT2D eigenvalue weighted by molar-refractivity contribution is 5.11. The molecule has 4 heteroatoms. The minimum Gasteiger partial charge on any atom is -0.432 e. The summed E-state index contributed by atoms with van der Waals surface area (Å²) in [5.74, 6) is 0. The summed E-state index contributed by atoms with van der Waals surface area (Å²) < 4.78 is 9.47. The van der Waals surface area contributed by atoms with Gasteiger partial charge in [0.05, 0.1) is 6.61 Å². The molecule has 1 aromatic heterocycles. The number of rotatable bonds is 2. The Labute approximate surface area is 52.6 Å². The maximum atomic E-state index is 5.18. The van der Waals surface area contributed by atoms with E-state index in [0.29, 0.717) is 6.61 Å². The van der Waals surface area contributed by atoms with Crippen molar-refractivity contribution in [2.45, 2.75) is 6.61 Å². The second-order valence-electron chi connectivity index (χ2n) is 1.61. The average molecular weight is 128 g/mol. The van der Waals surface area contributed by atoms with E-state index in [2.05, 4.69) is 4.98 Å². The van der Waals surface area contributed by atoms with Gasteiger partial charge in [0.15, 0.2) is 0 Å². The standard InChI is InChI=1S/C5H8N2O2/c1-8-2-4-3-9-5(6)7-4/h3H,2H2,1H3,(H2,6,7). The van der Waals surface area contributed by atoms with Gasteiger partial charge in [-0.2, -0.15) is 4.98 Å². The number of nitrogens with zero attached hydrogens (tertiary/aromatic N) is 1. The lowest BCUT2D eigenvalue weighted by molar-refractivity contribution is 0.181. The van der Waals surface area contributed by atoms with Crippen molar-refractivity contribution in [2.75, 3.05) is 12.8 Å². The van der Waals surface area contributed by atoms with Crippen LogP contribution in [0.3, 0.4) is 0 Å². The van der Waals surface area contributed by atoms with Gasteiger partial charge in [0.25, 0.3) is 6.01 Å². The summed E-state index contributed by atoms with van der Waals surface area (Å²) in [6.07, 6.45) is 1.47. The molecule has 9 heavy (non-hydrogen) atoms. The van der Waals surface area contributed by atoms with E-state index in [9.17, 15) is 0 Å². The maximum Gasteiger partial charge on any atom is 0.292 e. The number of nitrogen functional groups attached to an aromatic ring is 1. The highest BCUT2D eigenvalue weighted by Crippen LogP contribution is 2.02. The van der Waals surface area contributed by atoms with Crippen molar-refractivity contribution in [3.05, 3.63) is 12.0 Å². The summed E-state index contributed by atoms with van der Waals surface area (Å²) in [5, 5.41) is 0. The Balaban J connectivity index is 2.61. The summed E-state index contributed by atoms with van der Waals surface area (Å²) in [6, 6.07) is 0.182. The molecule has 1 heterocycles. The Bertz CT molecular complexity index is 185. The van der Waals surface area contributed by atoms with Crippen LogP contribution in [-0.2, 0) is 11.3 Å². The fraction of sp³-hybridized carbons (Fsp3) is 0.400. The Kier molecular flexibility index (Phi) is 1.69. The normalized spacial score (nSPS) is 9.89. The minimum absolute atomic E-state index is 0.182. The zero-order valence-corrected chi connectivity index (χ0v) is 5.13. The van der Waals surface area contributed by atoms with E-state index in [1.165, 1.54) is 6.26 Å². The number of nitrogens with two attached hydrogens (primary N) is 1. The summed E-state index contributed by atoms with van der Waals surface area (Å²) in [4.78, 5) is 3.79. The number of oxazole rings is 1. The van der Waals surface area contributed by atoms with Crippen LogP contribution in [0.2, 0.25) is 0 Å². The topological polar surface area (TPSA) is 61.3 Å². The molecule has 50 valence electrons.